The predicted octanol–water partition coefficient (Wildman–Crippen LogP) is 2.90. The van der Waals surface area contributed by atoms with E-state index in [4.69, 9.17) is 5.73 Å². The maximum atomic E-state index is 5.84. The van der Waals surface area contributed by atoms with E-state index in [2.05, 4.69) is 39.3 Å². The number of unbranched alkanes of at least 4 members (excludes halogenated alkanes) is 1. The van der Waals surface area contributed by atoms with Crippen LogP contribution < -0.4 is 5.73 Å². The van der Waals surface area contributed by atoms with Gasteiger partial charge in [0.15, 0.2) is 0 Å². The maximum absolute atomic E-state index is 5.84. The normalized spacial score (nSPS) is 14.1. The molecule has 2 N–H and O–H groups in total. The predicted molar refractivity (Wildman–Crippen MR) is 73.5 cm³/mol. The Kier molecular flexibility index (Phi) is 7.69. The van der Waals surface area contributed by atoms with Crippen molar-refractivity contribution in [2.24, 2.45) is 17.1 Å². The molecule has 0 amide bonds. The highest BCUT2D eigenvalue weighted by Gasteiger charge is 2.18. The third-order valence-corrected chi connectivity index (χ3v) is 2.75. The van der Waals surface area contributed by atoms with Gasteiger partial charge in [-0.1, -0.05) is 26.8 Å². The fraction of sp³-hybridized carbons (Fsp3) is 0.857. The first kappa shape index (κ1) is 15.7. The summed E-state index contributed by atoms with van der Waals surface area (Å²) in [6, 6.07) is 0. The van der Waals surface area contributed by atoms with Crippen LogP contribution in [0, 0.1) is 11.3 Å². The zero-order chi connectivity index (χ0) is 12.6. The van der Waals surface area contributed by atoms with Gasteiger partial charge in [-0.05, 0) is 50.7 Å². The van der Waals surface area contributed by atoms with E-state index < -0.39 is 0 Å². The van der Waals surface area contributed by atoms with E-state index in [1.54, 1.807) is 0 Å². The minimum absolute atomic E-state index is 0.381. The van der Waals surface area contributed by atoms with E-state index in [9.17, 15) is 0 Å². The Morgan fingerprint density at radius 3 is 2.44 bits per heavy atom. The average molecular weight is 226 g/mol. The van der Waals surface area contributed by atoms with Gasteiger partial charge in [0, 0.05) is 6.54 Å². The molecule has 0 aromatic heterocycles. The van der Waals surface area contributed by atoms with E-state index in [-0.39, 0.29) is 0 Å². The van der Waals surface area contributed by atoms with Gasteiger partial charge in [0.2, 0.25) is 0 Å². The highest BCUT2D eigenvalue weighted by Crippen LogP contribution is 2.24. The van der Waals surface area contributed by atoms with Gasteiger partial charge in [0.25, 0.3) is 0 Å². The van der Waals surface area contributed by atoms with Crippen molar-refractivity contribution in [1.29, 1.82) is 0 Å². The molecule has 2 heteroatoms. The van der Waals surface area contributed by atoms with Crippen molar-refractivity contribution in [3.05, 3.63) is 12.7 Å². The first-order chi connectivity index (χ1) is 7.39. The molecule has 1 atom stereocenters. The molecule has 16 heavy (non-hydrogen) atoms. The molecule has 0 fully saturated rings. The second-order valence-electron chi connectivity index (χ2n) is 6.06. The quantitative estimate of drug-likeness (QED) is 0.509. The third kappa shape index (κ3) is 8.93. The van der Waals surface area contributed by atoms with Crippen molar-refractivity contribution >= 4 is 0 Å². The Bertz CT molecular complexity index is 182. The largest absolute Gasteiger partial charge is 0.330 e. The van der Waals surface area contributed by atoms with Gasteiger partial charge >= 0.3 is 0 Å². The summed E-state index contributed by atoms with van der Waals surface area (Å²) >= 11 is 0. The molecule has 0 aliphatic rings. The Morgan fingerprint density at radius 2 is 2.00 bits per heavy atom. The van der Waals surface area contributed by atoms with Gasteiger partial charge in [-0.2, -0.15) is 0 Å². The number of hydrogen-bond donors (Lipinski definition) is 1. The molecule has 0 aliphatic carbocycles. The summed E-state index contributed by atoms with van der Waals surface area (Å²) in [5.74, 6) is 0.619. The standard InChI is InChI=1S/C14H30N2/c1-6-7-8-9-16(5)12-13(11-15)10-14(2,3)4/h6,13H,1,7-12,15H2,2-5H3. The highest BCUT2D eigenvalue weighted by atomic mass is 15.1. The van der Waals surface area contributed by atoms with Gasteiger partial charge in [-0.3, -0.25) is 0 Å². The third-order valence-electron chi connectivity index (χ3n) is 2.75. The van der Waals surface area contributed by atoms with Gasteiger partial charge in [0.05, 0.1) is 0 Å². The molecule has 0 spiro atoms. The number of hydrogen-bond acceptors (Lipinski definition) is 2. The van der Waals surface area contributed by atoms with E-state index in [0.717, 1.165) is 26.1 Å². The van der Waals surface area contributed by atoms with Crippen molar-refractivity contribution in [2.45, 2.75) is 40.0 Å². The Balaban J connectivity index is 3.87. The lowest BCUT2D eigenvalue weighted by Crippen LogP contribution is -2.33. The summed E-state index contributed by atoms with van der Waals surface area (Å²) in [4.78, 5) is 2.40. The summed E-state index contributed by atoms with van der Waals surface area (Å²) in [5.41, 5.74) is 6.22. The Labute approximate surface area is 102 Å². The Morgan fingerprint density at radius 1 is 1.38 bits per heavy atom. The van der Waals surface area contributed by atoms with Crippen molar-refractivity contribution in [1.82, 2.24) is 4.90 Å². The molecule has 1 unspecified atom stereocenters. The van der Waals surface area contributed by atoms with Gasteiger partial charge in [0.1, 0.15) is 0 Å². The van der Waals surface area contributed by atoms with Crippen LogP contribution in [0.15, 0.2) is 12.7 Å². The minimum atomic E-state index is 0.381. The molecule has 96 valence electrons. The van der Waals surface area contributed by atoms with Crippen LogP contribution in [0.5, 0.6) is 0 Å². The molecule has 0 saturated carbocycles. The molecule has 0 aliphatic heterocycles. The van der Waals surface area contributed by atoms with E-state index >= 15 is 0 Å². The number of rotatable bonds is 8. The molecule has 0 rings (SSSR count). The lowest BCUT2D eigenvalue weighted by molar-refractivity contribution is 0.220. The van der Waals surface area contributed by atoms with Crippen LogP contribution >= 0.6 is 0 Å². The van der Waals surface area contributed by atoms with E-state index in [1.165, 1.54) is 12.8 Å². The number of allylic oxidation sites excluding steroid dienone is 1. The Hall–Kier alpha value is -0.340. The second kappa shape index (κ2) is 7.86. The summed E-state index contributed by atoms with van der Waals surface area (Å²) in [7, 11) is 2.19. The first-order valence-electron chi connectivity index (χ1n) is 6.38. The summed E-state index contributed by atoms with van der Waals surface area (Å²) in [6.07, 6.45) is 5.50. The summed E-state index contributed by atoms with van der Waals surface area (Å²) in [6.45, 7) is 13.7. The van der Waals surface area contributed by atoms with Crippen molar-refractivity contribution < 1.29 is 0 Å². The summed E-state index contributed by atoms with van der Waals surface area (Å²) < 4.78 is 0. The smallest absolute Gasteiger partial charge is 0.00189 e. The topological polar surface area (TPSA) is 29.3 Å². The molecule has 0 saturated heterocycles. The fourth-order valence-corrected chi connectivity index (χ4v) is 2.13. The zero-order valence-electron chi connectivity index (χ0n) is 11.6. The highest BCUT2D eigenvalue weighted by molar-refractivity contribution is 4.73. The van der Waals surface area contributed by atoms with Crippen LogP contribution in [0.2, 0.25) is 0 Å². The molecule has 0 aromatic carbocycles. The maximum Gasteiger partial charge on any atom is 0.00189 e. The van der Waals surface area contributed by atoms with Crippen molar-refractivity contribution in [3.8, 4) is 0 Å². The van der Waals surface area contributed by atoms with Gasteiger partial charge < -0.3 is 10.6 Å². The van der Waals surface area contributed by atoms with Crippen LogP contribution in [-0.2, 0) is 0 Å². The average Bonchev–Trinajstić information content (AvgIpc) is 2.15. The molecule has 0 radical (unpaired) electrons. The van der Waals surface area contributed by atoms with Crippen LogP contribution in [0.1, 0.15) is 40.0 Å². The van der Waals surface area contributed by atoms with Gasteiger partial charge in [-0.25, -0.2) is 0 Å². The molecular formula is C14H30N2. The molecular weight excluding hydrogens is 196 g/mol. The first-order valence-corrected chi connectivity index (χ1v) is 6.38. The number of nitrogens with two attached hydrogens (primary N) is 1. The lowest BCUT2D eigenvalue weighted by atomic mass is 9.84. The lowest BCUT2D eigenvalue weighted by Gasteiger charge is -2.28. The van der Waals surface area contributed by atoms with Crippen molar-refractivity contribution in [3.63, 3.8) is 0 Å². The van der Waals surface area contributed by atoms with Crippen LogP contribution in [-0.4, -0.2) is 31.6 Å². The number of nitrogens with zero attached hydrogens (tertiary/aromatic N) is 1. The zero-order valence-corrected chi connectivity index (χ0v) is 11.6. The van der Waals surface area contributed by atoms with Crippen LogP contribution in [0.25, 0.3) is 0 Å². The van der Waals surface area contributed by atoms with E-state index in [0.29, 0.717) is 11.3 Å². The van der Waals surface area contributed by atoms with E-state index in [1.807, 2.05) is 6.08 Å². The van der Waals surface area contributed by atoms with Crippen LogP contribution in [0.3, 0.4) is 0 Å². The second-order valence-corrected chi connectivity index (χ2v) is 6.06. The molecule has 2 nitrogen and oxygen atoms in total. The molecule has 0 heterocycles. The molecule has 0 aromatic rings. The van der Waals surface area contributed by atoms with Crippen LogP contribution in [0.4, 0.5) is 0 Å². The summed E-state index contributed by atoms with van der Waals surface area (Å²) in [5, 5.41) is 0. The SMILES string of the molecule is C=CCCCN(C)CC(CN)CC(C)(C)C. The van der Waals surface area contributed by atoms with Gasteiger partial charge in [-0.15, -0.1) is 6.58 Å². The molecule has 0 bridgehead atoms. The van der Waals surface area contributed by atoms with Crippen molar-refractivity contribution in [2.75, 3.05) is 26.7 Å². The fourth-order valence-electron chi connectivity index (χ4n) is 2.13. The minimum Gasteiger partial charge on any atom is -0.330 e. The monoisotopic (exact) mass is 226 g/mol.